The summed E-state index contributed by atoms with van der Waals surface area (Å²) in [6.45, 7) is 5.29. The monoisotopic (exact) mass is 366 g/mol. The molecule has 27 heavy (non-hydrogen) atoms. The van der Waals surface area contributed by atoms with Crippen LogP contribution in [0.3, 0.4) is 0 Å². The summed E-state index contributed by atoms with van der Waals surface area (Å²) in [6, 6.07) is 15.3. The van der Waals surface area contributed by atoms with Crippen molar-refractivity contribution in [3.05, 3.63) is 65.2 Å². The molecule has 1 aliphatic heterocycles. The second kappa shape index (κ2) is 8.71. The molecule has 1 saturated heterocycles. The van der Waals surface area contributed by atoms with Gasteiger partial charge in [0.05, 0.1) is 19.2 Å². The average Bonchev–Trinajstić information content (AvgIpc) is 3.17. The van der Waals surface area contributed by atoms with E-state index in [1.54, 1.807) is 12.1 Å². The fraction of sp³-hybridized carbons (Fsp3) is 0.364. The Bertz CT molecular complexity index is 784. The maximum absolute atomic E-state index is 12.7. The Labute approximate surface area is 160 Å². The van der Waals surface area contributed by atoms with Crippen molar-refractivity contribution in [2.24, 2.45) is 0 Å². The number of ether oxygens (including phenoxy) is 1. The summed E-state index contributed by atoms with van der Waals surface area (Å²) in [5, 5.41) is 2.74. The Morgan fingerprint density at radius 2 is 1.81 bits per heavy atom. The van der Waals surface area contributed by atoms with E-state index in [0.717, 1.165) is 36.3 Å². The number of rotatable bonds is 6. The van der Waals surface area contributed by atoms with Crippen molar-refractivity contribution < 1.29 is 14.3 Å². The molecule has 142 valence electrons. The van der Waals surface area contributed by atoms with Crippen LogP contribution in [0.2, 0.25) is 0 Å². The first-order chi connectivity index (χ1) is 13.1. The lowest BCUT2D eigenvalue weighted by Gasteiger charge is -2.25. The van der Waals surface area contributed by atoms with Crippen LogP contribution in [-0.2, 0) is 4.79 Å². The summed E-state index contributed by atoms with van der Waals surface area (Å²) >= 11 is 0. The van der Waals surface area contributed by atoms with Gasteiger partial charge in [-0.3, -0.25) is 9.59 Å². The molecule has 0 aliphatic carbocycles. The van der Waals surface area contributed by atoms with Crippen molar-refractivity contribution in [2.75, 3.05) is 19.7 Å². The molecule has 5 heteroatoms. The molecule has 1 heterocycles. The fourth-order valence-corrected chi connectivity index (χ4v) is 3.43. The van der Waals surface area contributed by atoms with E-state index in [-0.39, 0.29) is 24.4 Å². The molecule has 2 amide bonds. The van der Waals surface area contributed by atoms with Gasteiger partial charge in [-0.1, -0.05) is 29.8 Å². The zero-order valence-electron chi connectivity index (χ0n) is 15.9. The summed E-state index contributed by atoms with van der Waals surface area (Å²) in [6.07, 6.45) is 1.90. The first kappa shape index (κ1) is 19.0. The second-order valence-electron chi connectivity index (χ2n) is 6.80. The van der Waals surface area contributed by atoms with Crippen LogP contribution in [-0.4, -0.2) is 36.4 Å². The number of amides is 2. The number of carbonyl (C=O) groups is 2. The van der Waals surface area contributed by atoms with E-state index < -0.39 is 0 Å². The predicted molar refractivity (Wildman–Crippen MR) is 105 cm³/mol. The van der Waals surface area contributed by atoms with E-state index in [2.05, 4.69) is 5.32 Å². The highest BCUT2D eigenvalue weighted by molar-refractivity contribution is 5.96. The molecule has 0 saturated carbocycles. The Balaban J connectivity index is 1.59. The van der Waals surface area contributed by atoms with E-state index in [1.807, 2.05) is 55.1 Å². The van der Waals surface area contributed by atoms with Crippen molar-refractivity contribution in [1.29, 1.82) is 0 Å². The molecule has 1 atom stereocenters. The van der Waals surface area contributed by atoms with Crippen LogP contribution in [0, 0.1) is 6.92 Å². The number of benzene rings is 2. The molecule has 0 radical (unpaired) electrons. The summed E-state index contributed by atoms with van der Waals surface area (Å²) in [4.78, 5) is 26.8. The van der Waals surface area contributed by atoms with Gasteiger partial charge in [-0.2, -0.15) is 0 Å². The van der Waals surface area contributed by atoms with Crippen molar-refractivity contribution in [1.82, 2.24) is 10.2 Å². The van der Waals surface area contributed by atoms with Crippen molar-refractivity contribution in [3.63, 3.8) is 0 Å². The zero-order valence-corrected chi connectivity index (χ0v) is 15.9. The second-order valence-corrected chi connectivity index (χ2v) is 6.80. The minimum atomic E-state index is -0.222. The quantitative estimate of drug-likeness (QED) is 0.851. The number of nitrogens with zero attached hydrogens (tertiary/aromatic N) is 1. The molecule has 5 nitrogen and oxygen atoms in total. The van der Waals surface area contributed by atoms with E-state index in [9.17, 15) is 9.59 Å². The Morgan fingerprint density at radius 1 is 1.11 bits per heavy atom. The molecular formula is C22H26N2O3. The van der Waals surface area contributed by atoms with Gasteiger partial charge in [-0.05, 0) is 56.5 Å². The maximum Gasteiger partial charge on any atom is 0.251 e. The number of likely N-dealkylation sites (tertiary alicyclic amines) is 1. The van der Waals surface area contributed by atoms with Gasteiger partial charge in [-0.15, -0.1) is 0 Å². The molecule has 0 bridgehead atoms. The molecule has 2 aromatic carbocycles. The number of hydrogen-bond acceptors (Lipinski definition) is 3. The highest BCUT2D eigenvalue weighted by atomic mass is 16.5. The van der Waals surface area contributed by atoms with E-state index in [0.29, 0.717) is 12.2 Å². The van der Waals surface area contributed by atoms with Gasteiger partial charge in [0.1, 0.15) is 5.75 Å². The average molecular weight is 366 g/mol. The van der Waals surface area contributed by atoms with Crippen LogP contribution in [0.25, 0.3) is 0 Å². The highest BCUT2D eigenvalue weighted by Crippen LogP contribution is 2.32. The summed E-state index contributed by atoms with van der Waals surface area (Å²) < 4.78 is 5.48. The van der Waals surface area contributed by atoms with Gasteiger partial charge in [0.2, 0.25) is 5.91 Å². The van der Waals surface area contributed by atoms with Crippen LogP contribution >= 0.6 is 0 Å². The molecule has 1 aliphatic rings. The molecule has 0 unspecified atom stereocenters. The van der Waals surface area contributed by atoms with Gasteiger partial charge < -0.3 is 15.0 Å². The van der Waals surface area contributed by atoms with Crippen molar-refractivity contribution in [3.8, 4) is 5.75 Å². The van der Waals surface area contributed by atoms with Gasteiger partial charge in [-0.25, -0.2) is 0 Å². The van der Waals surface area contributed by atoms with Crippen LogP contribution in [0.15, 0.2) is 48.5 Å². The molecule has 2 aromatic rings. The third-order valence-corrected chi connectivity index (χ3v) is 4.86. The number of carbonyl (C=O) groups excluding carboxylic acids is 2. The number of aryl methyl sites for hydroxylation is 1. The first-order valence-corrected chi connectivity index (χ1v) is 9.45. The lowest BCUT2D eigenvalue weighted by atomic mass is 10.0. The third-order valence-electron chi connectivity index (χ3n) is 4.86. The topological polar surface area (TPSA) is 58.6 Å². The van der Waals surface area contributed by atoms with E-state index in [1.165, 1.54) is 0 Å². The molecular weight excluding hydrogens is 340 g/mol. The summed E-state index contributed by atoms with van der Waals surface area (Å²) in [5.41, 5.74) is 2.77. The van der Waals surface area contributed by atoms with Crippen LogP contribution < -0.4 is 10.1 Å². The standard InChI is InChI=1S/C22H26N2O3/c1-3-27-19-12-10-17(11-13-19)20-5-4-14-24(20)21(25)15-23-22(26)18-8-6-16(2)7-9-18/h6-13,20H,3-5,14-15H2,1-2H3,(H,23,26)/t20-/m1/s1. The van der Waals surface area contributed by atoms with E-state index in [4.69, 9.17) is 4.74 Å². The lowest BCUT2D eigenvalue weighted by molar-refractivity contribution is -0.131. The van der Waals surface area contributed by atoms with Crippen LogP contribution in [0.4, 0.5) is 0 Å². The minimum absolute atomic E-state index is 0.0141. The Kier molecular flexibility index (Phi) is 6.12. The predicted octanol–water partition coefficient (Wildman–Crippen LogP) is 3.49. The molecule has 0 aromatic heterocycles. The largest absolute Gasteiger partial charge is 0.494 e. The number of hydrogen-bond donors (Lipinski definition) is 1. The van der Waals surface area contributed by atoms with Crippen molar-refractivity contribution >= 4 is 11.8 Å². The minimum Gasteiger partial charge on any atom is -0.494 e. The third kappa shape index (κ3) is 4.67. The van der Waals surface area contributed by atoms with Gasteiger partial charge in [0.15, 0.2) is 0 Å². The van der Waals surface area contributed by atoms with Gasteiger partial charge in [0.25, 0.3) is 5.91 Å². The SMILES string of the molecule is CCOc1ccc([C@H]2CCCN2C(=O)CNC(=O)c2ccc(C)cc2)cc1. The summed E-state index contributed by atoms with van der Waals surface area (Å²) in [5.74, 6) is 0.564. The zero-order chi connectivity index (χ0) is 19.2. The van der Waals surface area contributed by atoms with Crippen LogP contribution in [0.5, 0.6) is 5.75 Å². The molecule has 1 fully saturated rings. The van der Waals surface area contributed by atoms with Gasteiger partial charge in [0, 0.05) is 12.1 Å². The molecule has 0 spiro atoms. The maximum atomic E-state index is 12.7. The Morgan fingerprint density at radius 3 is 2.48 bits per heavy atom. The summed E-state index contributed by atoms with van der Waals surface area (Å²) in [7, 11) is 0. The smallest absolute Gasteiger partial charge is 0.251 e. The normalized spacial score (nSPS) is 16.2. The molecule has 3 rings (SSSR count). The fourth-order valence-electron chi connectivity index (χ4n) is 3.43. The van der Waals surface area contributed by atoms with E-state index >= 15 is 0 Å². The lowest BCUT2D eigenvalue weighted by Crippen LogP contribution is -2.39. The highest BCUT2D eigenvalue weighted by Gasteiger charge is 2.29. The first-order valence-electron chi connectivity index (χ1n) is 9.45. The Hall–Kier alpha value is -2.82. The molecule has 1 N–H and O–H groups in total. The van der Waals surface area contributed by atoms with Crippen molar-refractivity contribution in [2.45, 2.75) is 32.7 Å². The van der Waals surface area contributed by atoms with Gasteiger partial charge >= 0.3 is 0 Å². The van der Waals surface area contributed by atoms with Crippen LogP contribution in [0.1, 0.15) is 47.3 Å². The number of nitrogens with one attached hydrogen (secondary N) is 1.